The quantitative estimate of drug-likeness (QED) is 0.823. The summed E-state index contributed by atoms with van der Waals surface area (Å²) in [5, 5.41) is 0.650. The molecule has 112 valence electrons. The summed E-state index contributed by atoms with van der Waals surface area (Å²) in [4.78, 5) is 15.6. The number of aryl methyl sites for hydroxylation is 1. The number of hydrogen-bond donors (Lipinski definition) is 0. The molecule has 0 atom stereocenters. The van der Waals surface area contributed by atoms with Crippen molar-refractivity contribution in [2.45, 2.75) is 13.3 Å². The van der Waals surface area contributed by atoms with Gasteiger partial charge in [0.15, 0.2) is 5.82 Å². The minimum Gasteiger partial charge on any atom is -0.353 e. The minimum absolute atomic E-state index is 0.650. The Balaban J connectivity index is 1.83. The van der Waals surface area contributed by atoms with Gasteiger partial charge < -0.3 is 9.80 Å². The molecule has 0 radical (unpaired) electrons. The topological polar surface area (TPSA) is 35.5 Å². The van der Waals surface area contributed by atoms with Gasteiger partial charge in [0.2, 0.25) is 0 Å². The normalized spacial score (nSPS) is 16.9. The highest BCUT2D eigenvalue weighted by Gasteiger charge is 2.19. The summed E-state index contributed by atoms with van der Waals surface area (Å²) in [6.07, 6.45) is 2.92. The number of halogens is 1. The zero-order chi connectivity index (χ0) is 14.5. The standard InChI is InChI=1S/C14H24ClN5/c1-12-16-11-13(15)14(17-12)20-9-7-19(8-10-20)6-4-5-18(2)3/h11H,4-10H2,1-3H3. The summed E-state index contributed by atoms with van der Waals surface area (Å²) in [6, 6.07) is 0. The average Bonchev–Trinajstić information content (AvgIpc) is 2.42. The minimum atomic E-state index is 0.650. The molecular weight excluding hydrogens is 274 g/mol. The van der Waals surface area contributed by atoms with Gasteiger partial charge in [-0.3, -0.25) is 4.90 Å². The first-order valence-corrected chi connectivity index (χ1v) is 7.55. The fourth-order valence-corrected chi connectivity index (χ4v) is 2.67. The van der Waals surface area contributed by atoms with Crippen molar-refractivity contribution in [3.05, 3.63) is 17.0 Å². The highest BCUT2D eigenvalue weighted by atomic mass is 35.5. The molecule has 2 heterocycles. The van der Waals surface area contributed by atoms with Gasteiger partial charge in [-0.1, -0.05) is 11.6 Å². The Labute approximate surface area is 126 Å². The average molecular weight is 298 g/mol. The van der Waals surface area contributed by atoms with Crippen LogP contribution in [0.1, 0.15) is 12.2 Å². The van der Waals surface area contributed by atoms with E-state index in [0.717, 1.165) is 44.4 Å². The summed E-state index contributed by atoms with van der Waals surface area (Å²) < 4.78 is 0. The first kappa shape index (κ1) is 15.5. The van der Waals surface area contributed by atoms with Gasteiger partial charge in [0.25, 0.3) is 0 Å². The van der Waals surface area contributed by atoms with E-state index in [2.05, 4.69) is 38.8 Å². The molecule has 1 saturated heterocycles. The van der Waals surface area contributed by atoms with Crippen LogP contribution in [0.3, 0.4) is 0 Å². The van der Waals surface area contributed by atoms with Gasteiger partial charge in [0.1, 0.15) is 10.8 Å². The smallest absolute Gasteiger partial charge is 0.151 e. The predicted octanol–water partition coefficient (Wildman–Crippen LogP) is 1.51. The lowest BCUT2D eigenvalue weighted by molar-refractivity contribution is 0.242. The van der Waals surface area contributed by atoms with Gasteiger partial charge in [0.05, 0.1) is 6.20 Å². The molecule has 5 nitrogen and oxygen atoms in total. The highest BCUT2D eigenvalue weighted by molar-refractivity contribution is 6.32. The van der Waals surface area contributed by atoms with Crippen LogP contribution in [0.25, 0.3) is 0 Å². The van der Waals surface area contributed by atoms with Crippen molar-refractivity contribution in [2.24, 2.45) is 0 Å². The molecule has 0 spiro atoms. The lowest BCUT2D eigenvalue weighted by Crippen LogP contribution is -2.47. The van der Waals surface area contributed by atoms with Gasteiger partial charge in [0, 0.05) is 26.2 Å². The van der Waals surface area contributed by atoms with E-state index >= 15 is 0 Å². The van der Waals surface area contributed by atoms with Crippen molar-refractivity contribution in [1.82, 2.24) is 19.8 Å². The number of hydrogen-bond acceptors (Lipinski definition) is 5. The van der Waals surface area contributed by atoms with E-state index in [4.69, 9.17) is 11.6 Å². The number of aromatic nitrogens is 2. The molecule has 0 amide bonds. The molecule has 0 aromatic carbocycles. The van der Waals surface area contributed by atoms with Crippen molar-refractivity contribution in [3.8, 4) is 0 Å². The van der Waals surface area contributed by atoms with Crippen molar-refractivity contribution in [2.75, 3.05) is 58.3 Å². The van der Waals surface area contributed by atoms with Crippen LogP contribution >= 0.6 is 11.6 Å². The predicted molar refractivity (Wildman–Crippen MR) is 83.6 cm³/mol. The second kappa shape index (κ2) is 7.20. The molecule has 1 fully saturated rings. The Hall–Kier alpha value is -0.910. The molecule has 1 aliphatic rings. The van der Waals surface area contributed by atoms with E-state index in [1.54, 1.807) is 6.20 Å². The maximum absolute atomic E-state index is 6.20. The van der Waals surface area contributed by atoms with E-state index in [1.807, 2.05) is 6.92 Å². The SMILES string of the molecule is Cc1ncc(Cl)c(N2CCN(CCCN(C)C)CC2)n1. The third kappa shape index (κ3) is 4.30. The van der Waals surface area contributed by atoms with Gasteiger partial charge in [-0.25, -0.2) is 9.97 Å². The van der Waals surface area contributed by atoms with Crippen LogP contribution in [0.4, 0.5) is 5.82 Å². The lowest BCUT2D eigenvalue weighted by atomic mass is 10.3. The van der Waals surface area contributed by atoms with Crippen molar-refractivity contribution >= 4 is 17.4 Å². The van der Waals surface area contributed by atoms with Gasteiger partial charge in [-0.05, 0) is 40.5 Å². The Kier molecular flexibility index (Phi) is 5.57. The van der Waals surface area contributed by atoms with E-state index < -0.39 is 0 Å². The summed E-state index contributed by atoms with van der Waals surface area (Å²) >= 11 is 6.20. The van der Waals surface area contributed by atoms with Crippen LogP contribution in [0.5, 0.6) is 0 Å². The van der Waals surface area contributed by atoms with Crippen LogP contribution in [0.15, 0.2) is 6.20 Å². The largest absolute Gasteiger partial charge is 0.353 e. The molecule has 2 rings (SSSR count). The second-order valence-electron chi connectivity index (χ2n) is 5.57. The molecule has 1 aromatic rings. The molecule has 1 aliphatic heterocycles. The Bertz CT molecular complexity index is 430. The number of anilines is 1. The third-order valence-electron chi connectivity index (χ3n) is 3.60. The first-order valence-electron chi connectivity index (χ1n) is 7.17. The van der Waals surface area contributed by atoms with Crippen LogP contribution < -0.4 is 4.90 Å². The van der Waals surface area contributed by atoms with Crippen molar-refractivity contribution in [1.29, 1.82) is 0 Å². The van der Waals surface area contributed by atoms with E-state index in [-0.39, 0.29) is 0 Å². The maximum Gasteiger partial charge on any atom is 0.151 e. The van der Waals surface area contributed by atoms with Gasteiger partial charge in [-0.2, -0.15) is 0 Å². The Morgan fingerprint density at radius 2 is 1.95 bits per heavy atom. The molecule has 0 unspecified atom stereocenters. The number of nitrogens with zero attached hydrogens (tertiary/aromatic N) is 5. The zero-order valence-corrected chi connectivity index (χ0v) is 13.4. The summed E-state index contributed by atoms with van der Waals surface area (Å²) in [6.45, 7) is 8.34. The lowest BCUT2D eigenvalue weighted by Gasteiger charge is -2.35. The van der Waals surface area contributed by atoms with Crippen LogP contribution in [0.2, 0.25) is 5.02 Å². The number of piperazine rings is 1. The molecule has 0 saturated carbocycles. The molecule has 0 bridgehead atoms. The van der Waals surface area contributed by atoms with Crippen LogP contribution in [-0.2, 0) is 0 Å². The maximum atomic E-state index is 6.20. The van der Waals surface area contributed by atoms with Crippen LogP contribution in [-0.4, -0.2) is 73.1 Å². The summed E-state index contributed by atoms with van der Waals surface area (Å²) in [5.41, 5.74) is 0. The molecule has 1 aromatic heterocycles. The zero-order valence-electron chi connectivity index (χ0n) is 12.6. The molecule has 20 heavy (non-hydrogen) atoms. The van der Waals surface area contributed by atoms with Gasteiger partial charge in [-0.15, -0.1) is 0 Å². The van der Waals surface area contributed by atoms with Crippen molar-refractivity contribution < 1.29 is 0 Å². The number of rotatable bonds is 5. The van der Waals surface area contributed by atoms with Crippen molar-refractivity contribution in [3.63, 3.8) is 0 Å². The monoisotopic (exact) mass is 297 g/mol. The first-order chi connectivity index (χ1) is 9.56. The molecule has 6 heteroatoms. The molecule has 0 aliphatic carbocycles. The summed E-state index contributed by atoms with van der Waals surface area (Å²) in [5.74, 6) is 1.66. The highest BCUT2D eigenvalue weighted by Crippen LogP contribution is 2.23. The van der Waals surface area contributed by atoms with E-state index in [1.165, 1.54) is 13.0 Å². The van der Waals surface area contributed by atoms with Crippen LogP contribution in [0, 0.1) is 6.92 Å². The van der Waals surface area contributed by atoms with E-state index in [9.17, 15) is 0 Å². The Morgan fingerprint density at radius 3 is 2.60 bits per heavy atom. The molecular formula is C14H24ClN5. The third-order valence-corrected chi connectivity index (χ3v) is 3.86. The molecule has 0 N–H and O–H groups in total. The van der Waals surface area contributed by atoms with E-state index in [0.29, 0.717) is 5.02 Å². The fraction of sp³-hybridized carbons (Fsp3) is 0.714. The van der Waals surface area contributed by atoms with Gasteiger partial charge >= 0.3 is 0 Å². The fourth-order valence-electron chi connectivity index (χ4n) is 2.46. The second-order valence-corrected chi connectivity index (χ2v) is 5.98. The summed E-state index contributed by atoms with van der Waals surface area (Å²) in [7, 11) is 4.24. The Morgan fingerprint density at radius 1 is 1.25 bits per heavy atom.